The van der Waals surface area contributed by atoms with Crippen LogP contribution in [0.3, 0.4) is 0 Å². The van der Waals surface area contributed by atoms with Crippen molar-refractivity contribution in [2.45, 2.75) is 52.5 Å². The lowest BCUT2D eigenvalue weighted by Crippen LogP contribution is -2.25. The van der Waals surface area contributed by atoms with Gasteiger partial charge < -0.3 is 5.73 Å². The number of thiazole rings is 1. The molecular weight excluding hydrogens is 216 g/mol. The third kappa shape index (κ3) is 2.46. The molecule has 1 aliphatic rings. The number of nitrogens with zero attached hydrogens (tertiary/aromatic N) is 1. The molecular formula is C13H22N2S. The number of rotatable bonds is 2. The van der Waals surface area contributed by atoms with E-state index in [1.807, 2.05) is 0 Å². The molecule has 1 aromatic heterocycles. The van der Waals surface area contributed by atoms with Gasteiger partial charge in [-0.2, -0.15) is 0 Å². The zero-order valence-electron chi connectivity index (χ0n) is 10.5. The van der Waals surface area contributed by atoms with Gasteiger partial charge in [-0.3, -0.25) is 0 Å². The average Bonchev–Trinajstić information content (AvgIpc) is 2.59. The van der Waals surface area contributed by atoms with E-state index in [-0.39, 0.29) is 6.04 Å². The summed E-state index contributed by atoms with van der Waals surface area (Å²) in [6, 6.07) is 0.171. The highest BCUT2D eigenvalue weighted by Gasteiger charge is 2.26. The van der Waals surface area contributed by atoms with Crippen molar-refractivity contribution >= 4 is 11.3 Å². The maximum Gasteiger partial charge on any atom is 0.110 e. The van der Waals surface area contributed by atoms with Gasteiger partial charge in [0.1, 0.15) is 5.01 Å². The second-order valence-electron chi connectivity index (χ2n) is 5.24. The summed E-state index contributed by atoms with van der Waals surface area (Å²) in [4.78, 5) is 5.91. The summed E-state index contributed by atoms with van der Waals surface area (Å²) >= 11 is 1.78. The van der Waals surface area contributed by atoms with Gasteiger partial charge in [-0.25, -0.2) is 4.98 Å². The molecule has 0 amide bonds. The minimum absolute atomic E-state index is 0.171. The Kier molecular flexibility index (Phi) is 3.65. The summed E-state index contributed by atoms with van der Waals surface area (Å²) in [5.74, 6) is 1.55. The third-order valence-electron chi connectivity index (χ3n) is 3.90. The van der Waals surface area contributed by atoms with Gasteiger partial charge in [0.15, 0.2) is 0 Å². The molecule has 1 unspecified atom stereocenters. The Balaban J connectivity index is 2.04. The van der Waals surface area contributed by atoms with Gasteiger partial charge in [0, 0.05) is 4.88 Å². The van der Waals surface area contributed by atoms with Crippen molar-refractivity contribution in [2.24, 2.45) is 17.6 Å². The maximum absolute atomic E-state index is 6.35. The number of aromatic nitrogens is 1. The van der Waals surface area contributed by atoms with Crippen molar-refractivity contribution in [3.05, 3.63) is 15.6 Å². The van der Waals surface area contributed by atoms with E-state index in [0.717, 1.165) is 16.6 Å². The van der Waals surface area contributed by atoms with Crippen molar-refractivity contribution < 1.29 is 0 Å². The highest BCUT2D eigenvalue weighted by atomic mass is 32.1. The molecule has 2 N–H and O–H groups in total. The summed E-state index contributed by atoms with van der Waals surface area (Å²) in [6.07, 6.45) is 5.23. The van der Waals surface area contributed by atoms with Gasteiger partial charge in [0.2, 0.25) is 0 Å². The molecule has 2 rings (SSSR count). The molecule has 0 aliphatic heterocycles. The first-order valence-electron chi connectivity index (χ1n) is 6.27. The molecule has 0 radical (unpaired) electrons. The van der Waals surface area contributed by atoms with Crippen LogP contribution in [0.15, 0.2) is 0 Å². The summed E-state index contributed by atoms with van der Waals surface area (Å²) in [6.45, 7) is 6.55. The Bertz CT molecular complexity index is 331. The molecule has 2 nitrogen and oxygen atoms in total. The predicted octanol–water partition coefficient (Wildman–Crippen LogP) is 3.59. The fraction of sp³-hybridized carbons (Fsp3) is 0.769. The minimum Gasteiger partial charge on any atom is -0.322 e. The Morgan fingerprint density at radius 3 is 2.38 bits per heavy atom. The predicted molar refractivity (Wildman–Crippen MR) is 69.6 cm³/mol. The van der Waals surface area contributed by atoms with Crippen LogP contribution in [0.2, 0.25) is 0 Å². The zero-order valence-corrected chi connectivity index (χ0v) is 11.3. The van der Waals surface area contributed by atoms with Crippen LogP contribution in [0.4, 0.5) is 0 Å². The van der Waals surface area contributed by atoms with Gasteiger partial charge in [-0.05, 0) is 38.5 Å². The molecule has 1 saturated carbocycles. The van der Waals surface area contributed by atoms with Crippen LogP contribution in [0.25, 0.3) is 0 Å². The first-order chi connectivity index (χ1) is 7.58. The smallest absolute Gasteiger partial charge is 0.110 e. The second kappa shape index (κ2) is 4.84. The lowest BCUT2D eigenvalue weighted by Gasteiger charge is -2.29. The molecule has 3 heteroatoms. The van der Waals surface area contributed by atoms with E-state index in [4.69, 9.17) is 5.73 Å². The maximum atomic E-state index is 6.35. The highest BCUT2D eigenvalue weighted by molar-refractivity contribution is 7.11. The van der Waals surface area contributed by atoms with Gasteiger partial charge in [-0.1, -0.05) is 19.8 Å². The third-order valence-corrected chi connectivity index (χ3v) is 5.07. The fourth-order valence-electron chi connectivity index (χ4n) is 2.49. The molecule has 0 spiro atoms. The quantitative estimate of drug-likeness (QED) is 0.855. The van der Waals surface area contributed by atoms with Crippen LogP contribution in [0.5, 0.6) is 0 Å². The second-order valence-corrected chi connectivity index (χ2v) is 6.47. The van der Waals surface area contributed by atoms with Crippen LogP contribution in [0, 0.1) is 25.7 Å². The molecule has 0 bridgehead atoms. The molecule has 16 heavy (non-hydrogen) atoms. The van der Waals surface area contributed by atoms with E-state index in [9.17, 15) is 0 Å². The van der Waals surface area contributed by atoms with E-state index < -0.39 is 0 Å². The molecule has 1 aromatic rings. The van der Waals surface area contributed by atoms with Crippen molar-refractivity contribution in [2.75, 3.05) is 0 Å². The van der Waals surface area contributed by atoms with E-state index >= 15 is 0 Å². The number of hydrogen-bond donors (Lipinski definition) is 1. The van der Waals surface area contributed by atoms with Crippen LogP contribution >= 0.6 is 11.3 Å². The van der Waals surface area contributed by atoms with Crippen molar-refractivity contribution in [3.63, 3.8) is 0 Å². The van der Waals surface area contributed by atoms with Crippen LogP contribution in [-0.2, 0) is 0 Å². The number of hydrogen-bond acceptors (Lipinski definition) is 3. The number of nitrogens with two attached hydrogens (primary N) is 1. The Hall–Kier alpha value is -0.410. The Morgan fingerprint density at radius 2 is 1.88 bits per heavy atom. The lowest BCUT2D eigenvalue weighted by atomic mass is 9.79. The fourth-order valence-corrected chi connectivity index (χ4v) is 3.50. The molecule has 0 aromatic carbocycles. The number of aryl methyl sites for hydroxylation is 2. The summed E-state index contributed by atoms with van der Waals surface area (Å²) in [7, 11) is 0. The summed E-state index contributed by atoms with van der Waals surface area (Å²) < 4.78 is 0. The van der Waals surface area contributed by atoms with Gasteiger partial charge >= 0.3 is 0 Å². The van der Waals surface area contributed by atoms with Crippen LogP contribution in [0.1, 0.15) is 54.2 Å². The van der Waals surface area contributed by atoms with E-state index in [1.54, 1.807) is 11.3 Å². The van der Waals surface area contributed by atoms with Gasteiger partial charge in [0.25, 0.3) is 0 Å². The largest absolute Gasteiger partial charge is 0.322 e. The monoisotopic (exact) mass is 238 g/mol. The molecule has 90 valence electrons. The topological polar surface area (TPSA) is 38.9 Å². The van der Waals surface area contributed by atoms with E-state index in [2.05, 4.69) is 25.8 Å². The molecule has 0 saturated heterocycles. The first kappa shape index (κ1) is 12.1. The standard InChI is InChI=1S/C13H22N2S/c1-8-4-6-11(7-5-8)12(14)13-15-9(2)10(3)16-13/h8,11-12H,4-7,14H2,1-3H3. The van der Waals surface area contributed by atoms with Crippen molar-refractivity contribution in [3.8, 4) is 0 Å². The van der Waals surface area contributed by atoms with E-state index in [1.165, 1.54) is 30.6 Å². The molecule has 1 aliphatic carbocycles. The van der Waals surface area contributed by atoms with Crippen LogP contribution < -0.4 is 5.73 Å². The van der Waals surface area contributed by atoms with Gasteiger partial charge in [-0.15, -0.1) is 11.3 Å². The zero-order chi connectivity index (χ0) is 11.7. The Labute approximate surface area is 102 Å². The van der Waals surface area contributed by atoms with Crippen LogP contribution in [-0.4, -0.2) is 4.98 Å². The normalized spacial score (nSPS) is 28.0. The SMILES string of the molecule is Cc1nc(C(N)C2CCC(C)CC2)sc1C. The van der Waals surface area contributed by atoms with E-state index in [0.29, 0.717) is 5.92 Å². The summed E-state index contributed by atoms with van der Waals surface area (Å²) in [5.41, 5.74) is 7.50. The Morgan fingerprint density at radius 1 is 1.25 bits per heavy atom. The highest BCUT2D eigenvalue weighted by Crippen LogP contribution is 2.36. The molecule has 1 heterocycles. The van der Waals surface area contributed by atoms with Gasteiger partial charge in [0.05, 0.1) is 11.7 Å². The first-order valence-corrected chi connectivity index (χ1v) is 7.09. The average molecular weight is 238 g/mol. The lowest BCUT2D eigenvalue weighted by molar-refractivity contribution is 0.256. The molecule has 1 fully saturated rings. The summed E-state index contributed by atoms with van der Waals surface area (Å²) in [5, 5.41) is 1.15. The van der Waals surface area contributed by atoms with Crippen molar-refractivity contribution in [1.82, 2.24) is 4.98 Å². The minimum atomic E-state index is 0.171. The van der Waals surface area contributed by atoms with Crippen molar-refractivity contribution in [1.29, 1.82) is 0 Å². The molecule has 1 atom stereocenters.